The van der Waals surface area contributed by atoms with Gasteiger partial charge in [-0.3, -0.25) is 9.69 Å². The van der Waals surface area contributed by atoms with Crippen molar-refractivity contribution in [2.75, 3.05) is 7.05 Å². The van der Waals surface area contributed by atoms with Crippen LogP contribution in [0.25, 0.3) is 6.08 Å². The highest BCUT2D eigenvalue weighted by atomic mass is 32.2. The fourth-order valence-corrected chi connectivity index (χ4v) is 2.96. The molecule has 100 valence electrons. The number of nitrogens with zero attached hydrogens (tertiary/aromatic N) is 1. The van der Waals surface area contributed by atoms with E-state index in [1.54, 1.807) is 7.05 Å². The first-order valence-electron chi connectivity index (χ1n) is 6.11. The summed E-state index contributed by atoms with van der Waals surface area (Å²) in [4.78, 5) is 14.1. The summed E-state index contributed by atoms with van der Waals surface area (Å²) < 4.78 is 0.613. The Morgan fingerprint density at radius 3 is 2.21 bits per heavy atom. The van der Waals surface area contributed by atoms with E-state index in [4.69, 9.17) is 12.2 Å². The maximum atomic E-state index is 11.9. The van der Waals surface area contributed by atoms with Crippen LogP contribution in [-0.4, -0.2) is 22.2 Å². The van der Waals surface area contributed by atoms with Gasteiger partial charge in [0.25, 0.3) is 5.91 Å². The lowest BCUT2D eigenvalue weighted by Crippen LogP contribution is -2.22. The summed E-state index contributed by atoms with van der Waals surface area (Å²) >= 11 is 6.46. The van der Waals surface area contributed by atoms with E-state index >= 15 is 0 Å². The van der Waals surface area contributed by atoms with Crippen LogP contribution < -0.4 is 0 Å². The predicted molar refractivity (Wildman–Crippen MR) is 86.1 cm³/mol. The highest BCUT2D eigenvalue weighted by Gasteiger charge is 2.28. The van der Waals surface area contributed by atoms with Crippen LogP contribution in [0.15, 0.2) is 29.2 Å². The Hall–Kier alpha value is -1.13. The van der Waals surface area contributed by atoms with E-state index in [1.807, 2.05) is 18.2 Å². The third-order valence-electron chi connectivity index (χ3n) is 3.06. The molecule has 1 fully saturated rings. The second-order valence-electron chi connectivity index (χ2n) is 5.61. The first-order valence-corrected chi connectivity index (χ1v) is 7.33. The van der Waals surface area contributed by atoms with Crippen molar-refractivity contribution < 1.29 is 4.79 Å². The SMILES string of the molecule is CN1C(=O)/C(=C/c2ccc(C(C)(C)C)cc2)SC1=S. The Labute approximate surface area is 123 Å². The van der Waals surface area contributed by atoms with Crippen LogP contribution in [0.1, 0.15) is 31.9 Å². The maximum absolute atomic E-state index is 11.9. The number of likely N-dealkylation sites (N-methyl/N-ethyl adjacent to an activating group) is 1. The van der Waals surface area contributed by atoms with Gasteiger partial charge in [0.15, 0.2) is 0 Å². The predicted octanol–water partition coefficient (Wildman–Crippen LogP) is 3.82. The van der Waals surface area contributed by atoms with Crippen molar-refractivity contribution >= 4 is 40.3 Å². The van der Waals surface area contributed by atoms with Gasteiger partial charge in [0, 0.05) is 7.05 Å². The summed E-state index contributed by atoms with van der Waals surface area (Å²) in [6.45, 7) is 6.55. The van der Waals surface area contributed by atoms with E-state index in [0.29, 0.717) is 9.23 Å². The molecule has 0 unspecified atom stereocenters. The number of amides is 1. The third-order valence-corrected chi connectivity index (χ3v) is 4.55. The van der Waals surface area contributed by atoms with Crippen LogP contribution in [0.5, 0.6) is 0 Å². The van der Waals surface area contributed by atoms with E-state index in [2.05, 4.69) is 32.9 Å². The fraction of sp³-hybridized carbons (Fsp3) is 0.333. The van der Waals surface area contributed by atoms with Crippen molar-refractivity contribution in [2.24, 2.45) is 0 Å². The first-order chi connectivity index (χ1) is 8.79. The summed E-state index contributed by atoms with van der Waals surface area (Å²) in [5.41, 5.74) is 2.46. The summed E-state index contributed by atoms with van der Waals surface area (Å²) in [5, 5.41) is 0. The molecule has 1 aromatic rings. The minimum atomic E-state index is -0.0186. The number of benzene rings is 1. The van der Waals surface area contributed by atoms with Gasteiger partial charge in [-0.1, -0.05) is 69.0 Å². The van der Waals surface area contributed by atoms with Gasteiger partial charge in [0.2, 0.25) is 0 Å². The van der Waals surface area contributed by atoms with Crippen molar-refractivity contribution in [3.8, 4) is 0 Å². The van der Waals surface area contributed by atoms with Crippen LogP contribution >= 0.6 is 24.0 Å². The fourth-order valence-electron chi connectivity index (χ4n) is 1.78. The molecule has 0 atom stereocenters. The lowest BCUT2D eigenvalue weighted by molar-refractivity contribution is -0.121. The lowest BCUT2D eigenvalue weighted by Gasteiger charge is -2.18. The number of hydrogen-bond donors (Lipinski definition) is 0. The quantitative estimate of drug-likeness (QED) is 0.579. The van der Waals surface area contributed by atoms with E-state index in [1.165, 1.54) is 22.2 Å². The molecule has 1 saturated heterocycles. The molecule has 1 aliphatic heterocycles. The molecule has 0 aliphatic carbocycles. The summed E-state index contributed by atoms with van der Waals surface area (Å²) in [6.07, 6.45) is 1.90. The summed E-state index contributed by atoms with van der Waals surface area (Å²) in [7, 11) is 1.71. The van der Waals surface area contributed by atoms with Gasteiger partial charge in [-0.15, -0.1) is 0 Å². The normalized spacial score (nSPS) is 18.5. The maximum Gasteiger partial charge on any atom is 0.265 e. The molecule has 1 aromatic carbocycles. The Kier molecular flexibility index (Phi) is 3.83. The topological polar surface area (TPSA) is 20.3 Å². The molecule has 0 radical (unpaired) electrons. The average Bonchev–Trinajstić information content (AvgIpc) is 2.57. The second kappa shape index (κ2) is 5.10. The van der Waals surface area contributed by atoms with Gasteiger partial charge in [-0.25, -0.2) is 0 Å². The average molecular weight is 291 g/mol. The van der Waals surface area contributed by atoms with Gasteiger partial charge >= 0.3 is 0 Å². The van der Waals surface area contributed by atoms with Crippen LogP contribution in [0, 0.1) is 0 Å². The molecule has 19 heavy (non-hydrogen) atoms. The zero-order valence-corrected chi connectivity index (χ0v) is 13.2. The summed E-state index contributed by atoms with van der Waals surface area (Å²) in [6, 6.07) is 8.31. The molecule has 1 amide bonds. The van der Waals surface area contributed by atoms with Crippen molar-refractivity contribution in [1.29, 1.82) is 0 Å². The number of thiocarbonyl (C=S) groups is 1. The Bertz CT molecular complexity index is 553. The molecule has 4 heteroatoms. The molecule has 0 bridgehead atoms. The van der Waals surface area contributed by atoms with Crippen LogP contribution in [0.2, 0.25) is 0 Å². The van der Waals surface area contributed by atoms with E-state index in [0.717, 1.165) is 5.56 Å². The highest BCUT2D eigenvalue weighted by molar-refractivity contribution is 8.26. The van der Waals surface area contributed by atoms with Crippen molar-refractivity contribution in [1.82, 2.24) is 4.90 Å². The summed E-state index contributed by atoms with van der Waals surface area (Å²) in [5.74, 6) is -0.0186. The second-order valence-corrected chi connectivity index (χ2v) is 7.29. The molecule has 1 aliphatic rings. The van der Waals surface area contributed by atoms with Gasteiger partial charge in [0.1, 0.15) is 4.32 Å². The monoisotopic (exact) mass is 291 g/mol. The van der Waals surface area contributed by atoms with Crippen molar-refractivity contribution in [3.63, 3.8) is 0 Å². The standard InChI is InChI=1S/C15H17NOS2/c1-15(2,3)11-7-5-10(6-8-11)9-12-13(17)16(4)14(18)19-12/h5-9H,1-4H3/b12-9-. The number of carbonyl (C=O) groups excluding carboxylic acids is 1. The minimum Gasteiger partial charge on any atom is -0.296 e. The molecule has 2 rings (SSSR count). The highest BCUT2D eigenvalue weighted by Crippen LogP contribution is 2.31. The largest absolute Gasteiger partial charge is 0.296 e. The molecule has 0 saturated carbocycles. The van der Waals surface area contributed by atoms with Crippen LogP contribution in [-0.2, 0) is 10.2 Å². The first kappa shape index (κ1) is 14.3. The van der Waals surface area contributed by atoms with E-state index in [-0.39, 0.29) is 11.3 Å². The van der Waals surface area contributed by atoms with Gasteiger partial charge in [-0.05, 0) is 22.6 Å². The van der Waals surface area contributed by atoms with Crippen molar-refractivity contribution in [3.05, 3.63) is 40.3 Å². The van der Waals surface area contributed by atoms with Crippen LogP contribution in [0.4, 0.5) is 0 Å². The number of carbonyl (C=O) groups is 1. The zero-order chi connectivity index (χ0) is 14.2. The molecule has 0 aromatic heterocycles. The molecule has 0 spiro atoms. The molecular formula is C15H17NOS2. The lowest BCUT2D eigenvalue weighted by atomic mass is 9.87. The van der Waals surface area contributed by atoms with Gasteiger partial charge in [0.05, 0.1) is 4.91 Å². The molecule has 1 heterocycles. The molecular weight excluding hydrogens is 274 g/mol. The zero-order valence-electron chi connectivity index (χ0n) is 11.6. The van der Waals surface area contributed by atoms with Crippen LogP contribution in [0.3, 0.4) is 0 Å². The minimum absolute atomic E-state index is 0.0186. The number of rotatable bonds is 1. The van der Waals surface area contributed by atoms with E-state index < -0.39 is 0 Å². The van der Waals surface area contributed by atoms with Gasteiger partial charge < -0.3 is 0 Å². The third kappa shape index (κ3) is 3.07. The Morgan fingerprint density at radius 2 is 1.79 bits per heavy atom. The van der Waals surface area contributed by atoms with E-state index in [9.17, 15) is 4.79 Å². The number of thioether (sulfide) groups is 1. The van der Waals surface area contributed by atoms with Crippen molar-refractivity contribution in [2.45, 2.75) is 26.2 Å². The Morgan fingerprint density at radius 1 is 1.21 bits per heavy atom. The smallest absolute Gasteiger partial charge is 0.265 e. The van der Waals surface area contributed by atoms with Gasteiger partial charge in [-0.2, -0.15) is 0 Å². The number of hydrogen-bond acceptors (Lipinski definition) is 3. The molecule has 2 nitrogen and oxygen atoms in total. The Balaban J connectivity index is 2.25. The molecule has 0 N–H and O–H groups in total.